The Morgan fingerprint density at radius 1 is 1.25 bits per heavy atom. The van der Waals surface area contributed by atoms with E-state index in [1.165, 1.54) is 31.5 Å². The standard InChI is InChI=1S/C23H24F2N4O3/c1-12(11-31-2)14-9-27-23(30)18-19(14)29-20(13-7-8-26-10-16(13)25)21(18)28-17-6-4-5-15(24)22(17)32-3/h4-8,10,12,14,28-29H,9,11H2,1-3H3,(H,27,30)/t12-,14-/m0/s1. The lowest BCUT2D eigenvalue weighted by molar-refractivity contribution is 0.0920. The molecule has 2 atom stereocenters. The number of hydrogen-bond acceptors (Lipinski definition) is 5. The molecule has 0 unspecified atom stereocenters. The van der Waals surface area contributed by atoms with Gasteiger partial charge in [-0.05, 0) is 24.1 Å². The van der Waals surface area contributed by atoms with E-state index in [0.717, 1.165) is 6.20 Å². The summed E-state index contributed by atoms with van der Waals surface area (Å²) in [6, 6.07) is 5.94. The molecule has 1 aliphatic heterocycles. The number of ether oxygens (including phenoxy) is 2. The molecule has 3 heterocycles. The van der Waals surface area contributed by atoms with E-state index in [1.54, 1.807) is 13.2 Å². The number of para-hydroxylation sites is 1. The van der Waals surface area contributed by atoms with Gasteiger partial charge in [-0.3, -0.25) is 9.78 Å². The van der Waals surface area contributed by atoms with E-state index in [2.05, 4.69) is 20.6 Å². The van der Waals surface area contributed by atoms with Gasteiger partial charge in [0.15, 0.2) is 17.4 Å². The number of H-pyrrole nitrogens is 1. The molecule has 1 amide bonds. The summed E-state index contributed by atoms with van der Waals surface area (Å²) in [6.07, 6.45) is 2.57. The van der Waals surface area contributed by atoms with Crippen molar-refractivity contribution in [1.82, 2.24) is 15.3 Å². The number of benzene rings is 1. The minimum Gasteiger partial charge on any atom is -0.492 e. The number of carbonyl (C=O) groups is 1. The van der Waals surface area contributed by atoms with Crippen LogP contribution in [0, 0.1) is 17.6 Å². The predicted octanol–water partition coefficient (Wildman–Crippen LogP) is 4.22. The van der Waals surface area contributed by atoms with E-state index in [0.29, 0.717) is 41.5 Å². The normalized spacial score (nSPS) is 16.3. The number of nitrogens with one attached hydrogen (secondary N) is 3. The summed E-state index contributed by atoms with van der Waals surface area (Å²) in [5.74, 6) is -1.45. The lowest BCUT2D eigenvalue weighted by Crippen LogP contribution is -2.38. The molecule has 9 heteroatoms. The third-order valence-electron chi connectivity index (χ3n) is 5.70. The summed E-state index contributed by atoms with van der Waals surface area (Å²) in [7, 11) is 2.98. The largest absolute Gasteiger partial charge is 0.492 e. The van der Waals surface area contributed by atoms with Crippen LogP contribution in [0.1, 0.15) is 28.9 Å². The summed E-state index contributed by atoms with van der Waals surface area (Å²) >= 11 is 0. The van der Waals surface area contributed by atoms with Crippen molar-refractivity contribution in [2.75, 3.05) is 32.7 Å². The molecule has 32 heavy (non-hydrogen) atoms. The van der Waals surface area contributed by atoms with Crippen molar-refractivity contribution in [3.63, 3.8) is 0 Å². The lowest BCUT2D eigenvalue weighted by atomic mass is 9.86. The maximum Gasteiger partial charge on any atom is 0.255 e. The quantitative estimate of drug-likeness (QED) is 0.510. The Labute approximate surface area is 184 Å². The number of anilines is 2. The first kappa shape index (κ1) is 21.8. The molecule has 3 aromatic rings. The van der Waals surface area contributed by atoms with Crippen LogP contribution in [-0.2, 0) is 4.74 Å². The first-order valence-corrected chi connectivity index (χ1v) is 10.2. The molecular formula is C23H24F2N4O3. The van der Waals surface area contributed by atoms with Crippen molar-refractivity contribution in [3.8, 4) is 17.0 Å². The van der Waals surface area contributed by atoms with E-state index in [9.17, 15) is 13.6 Å². The molecule has 168 valence electrons. The fraction of sp³-hybridized carbons (Fsp3) is 0.304. The molecular weight excluding hydrogens is 418 g/mol. The zero-order chi connectivity index (χ0) is 22.8. The molecule has 1 aromatic carbocycles. The Kier molecular flexibility index (Phi) is 6.09. The highest BCUT2D eigenvalue weighted by molar-refractivity contribution is 6.06. The van der Waals surface area contributed by atoms with E-state index in [-0.39, 0.29) is 29.1 Å². The molecule has 0 saturated carbocycles. The highest BCUT2D eigenvalue weighted by Crippen LogP contribution is 2.43. The minimum absolute atomic E-state index is 0.0101. The third kappa shape index (κ3) is 3.80. The molecule has 4 rings (SSSR count). The Morgan fingerprint density at radius 2 is 2.06 bits per heavy atom. The summed E-state index contributed by atoms with van der Waals surface area (Å²) < 4.78 is 39.5. The first-order chi connectivity index (χ1) is 15.5. The average Bonchev–Trinajstić information content (AvgIpc) is 3.14. The monoisotopic (exact) mass is 442 g/mol. The van der Waals surface area contributed by atoms with Crippen LogP contribution in [0.4, 0.5) is 20.2 Å². The van der Waals surface area contributed by atoms with Crippen LogP contribution >= 0.6 is 0 Å². The van der Waals surface area contributed by atoms with Gasteiger partial charge in [0.05, 0.1) is 35.9 Å². The third-order valence-corrected chi connectivity index (χ3v) is 5.70. The molecule has 0 fully saturated rings. The molecule has 2 aromatic heterocycles. The highest BCUT2D eigenvalue weighted by atomic mass is 19.1. The van der Waals surface area contributed by atoms with Gasteiger partial charge in [-0.1, -0.05) is 13.0 Å². The van der Waals surface area contributed by atoms with Crippen molar-refractivity contribution in [2.45, 2.75) is 12.8 Å². The number of methoxy groups -OCH3 is 2. The van der Waals surface area contributed by atoms with Crippen molar-refractivity contribution in [3.05, 3.63) is 59.6 Å². The van der Waals surface area contributed by atoms with Crippen LogP contribution in [-0.4, -0.2) is 43.2 Å². The molecule has 3 N–H and O–H groups in total. The SMILES string of the molecule is COC[C@H](C)[C@@H]1CNC(=O)c2c1[nH]c(-c1ccncc1F)c2Nc1cccc(F)c1OC. The number of fused-ring (bicyclic) bond motifs is 1. The highest BCUT2D eigenvalue weighted by Gasteiger charge is 2.36. The number of amides is 1. The first-order valence-electron chi connectivity index (χ1n) is 10.2. The second kappa shape index (κ2) is 8.96. The van der Waals surface area contributed by atoms with E-state index in [4.69, 9.17) is 9.47 Å². The Hall–Kier alpha value is -3.46. The van der Waals surface area contributed by atoms with Crippen molar-refractivity contribution < 1.29 is 23.0 Å². The lowest BCUT2D eigenvalue weighted by Gasteiger charge is -2.28. The summed E-state index contributed by atoms with van der Waals surface area (Å²) in [5.41, 5.74) is 2.26. The molecule has 0 radical (unpaired) electrons. The van der Waals surface area contributed by atoms with Crippen LogP contribution in [0.5, 0.6) is 5.75 Å². The van der Waals surface area contributed by atoms with Gasteiger partial charge in [0, 0.05) is 43.6 Å². The topological polar surface area (TPSA) is 88.3 Å². The zero-order valence-corrected chi connectivity index (χ0v) is 18.0. The summed E-state index contributed by atoms with van der Waals surface area (Å²) in [6.45, 7) is 2.92. The average molecular weight is 442 g/mol. The molecule has 0 spiro atoms. The number of halogens is 2. The maximum absolute atomic E-state index is 14.7. The van der Waals surface area contributed by atoms with Gasteiger partial charge in [-0.15, -0.1) is 0 Å². The predicted molar refractivity (Wildman–Crippen MR) is 116 cm³/mol. The minimum atomic E-state index is -0.561. The number of carbonyl (C=O) groups excluding carboxylic acids is 1. The van der Waals surface area contributed by atoms with E-state index in [1.807, 2.05) is 6.92 Å². The second-order valence-corrected chi connectivity index (χ2v) is 7.71. The molecule has 0 aliphatic carbocycles. The van der Waals surface area contributed by atoms with Crippen LogP contribution in [0.3, 0.4) is 0 Å². The van der Waals surface area contributed by atoms with Gasteiger partial charge in [0.2, 0.25) is 0 Å². The van der Waals surface area contributed by atoms with Crippen molar-refractivity contribution in [2.24, 2.45) is 5.92 Å². The fourth-order valence-electron chi connectivity index (χ4n) is 4.15. The number of rotatable bonds is 7. The van der Waals surface area contributed by atoms with Gasteiger partial charge in [0.25, 0.3) is 5.91 Å². The van der Waals surface area contributed by atoms with E-state index >= 15 is 0 Å². The summed E-state index contributed by atoms with van der Waals surface area (Å²) in [4.78, 5) is 20.0. The number of nitrogens with zero attached hydrogens (tertiary/aromatic N) is 1. The Bertz CT molecular complexity index is 1150. The zero-order valence-electron chi connectivity index (χ0n) is 18.0. The smallest absolute Gasteiger partial charge is 0.255 e. The van der Waals surface area contributed by atoms with Crippen LogP contribution in [0.2, 0.25) is 0 Å². The number of pyridine rings is 1. The van der Waals surface area contributed by atoms with Gasteiger partial charge in [-0.2, -0.15) is 0 Å². The van der Waals surface area contributed by atoms with Crippen molar-refractivity contribution >= 4 is 17.3 Å². The van der Waals surface area contributed by atoms with Crippen LogP contribution < -0.4 is 15.4 Å². The molecule has 0 saturated heterocycles. The van der Waals surface area contributed by atoms with Gasteiger partial charge >= 0.3 is 0 Å². The van der Waals surface area contributed by atoms with Crippen LogP contribution in [0.15, 0.2) is 36.7 Å². The van der Waals surface area contributed by atoms with Gasteiger partial charge in [-0.25, -0.2) is 8.78 Å². The molecule has 0 bridgehead atoms. The van der Waals surface area contributed by atoms with Gasteiger partial charge < -0.3 is 25.1 Å². The number of aromatic amines is 1. The fourth-order valence-corrected chi connectivity index (χ4v) is 4.15. The number of aromatic nitrogens is 2. The van der Waals surface area contributed by atoms with E-state index < -0.39 is 11.6 Å². The Balaban J connectivity index is 1.93. The maximum atomic E-state index is 14.7. The number of hydrogen-bond donors (Lipinski definition) is 3. The van der Waals surface area contributed by atoms with Crippen molar-refractivity contribution in [1.29, 1.82) is 0 Å². The van der Waals surface area contributed by atoms with Gasteiger partial charge in [0.1, 0.15) is 0 Å². The Morgan fingerprint density at radius 3 is 2.78 bits per heavy atom. The van der Waals surface area contributed by atoms with Crippen LogP contribution in [0.25, 0.3) is 11.3 Å². The second-order valence-electron chi connectivity index (χ2n) is 7.71. The molecule has 7 nitrogen and oxygen atoms in total. The summed E-state index contributed by atoms with van der Waals surface area (Å²) in [5, 5.41) is 6.02. The molecule has 1 aliphatic rings.